The van der Waals surface area contributed by atoms with E-state index in [0.29, 0.717) is 17.2 Å². The van der Waals surface area contributed by atoms with Crippen molar-refractivity contribution in [3.63, 3.8) is 0 Å². The smallest absolute Gasteiger partial charge is 0.251 e. The average molecular weight is 306 g/mol. The number of methoxy groups -OCH3 is 2. The van der Waals surface area contributed by atoms with E-state index in [1.165, 1.54) is 14.2 Å². The Bertz CT molecular complexity index is 743. The summed E-state index contributed by atoms with van der Waals surface area (Å²) < 4.78 is 24.3. The zero-order valence-electron chi connectivity index (χ0n) is 12.1. The van der Waals surface area contributed by atoms with E-state index in [1.54, 1.807) is 18.2 Å². The van der Waals surface area contributed by atoms with Crippen LogP contribution < -0.4 is 20.3 Å². The number of nitrogens with zero attached hydrogens (tertiary/aromatic N) is 1. The molecule has 1 aromatic heterocycles. The molecule has 0 spiro atoms. The first-order valence-corrected chi connectivity index (χ1v) is 6.41. The Hall–Kier alpha value is -2.83. The summed E-state index contributed by atoms with van der Waals surface area (Å²) in [6, 6.07) is 7.02. The van der Waals surface area contributed by atoms with Gasteiger partial charge in [0.2, 0.25) is 5.91 Å². The van der Waals surface area contributed by atoms with Gasteiger partial charge < -0.3 is 19.4 Å². The lowest BCUT2D eigenvalue weighted by molar-refractivity contribution is -0.116. The second-order valence-corrected chi connectivity index (χ2v) is 4.43. The highest BCUT2D eigenvalue weighted by Crippen LogP contribution is 2.28. The summed E-state index contributed by atoms with van der Waals surface area (Å²) >= 11 is 0. The first-order chi connectivity index (χ1) is 10.5. The second-order valence-electron chi connectivity index (χ2n) is 4.43. The van der Waals surface area contributed by atoms with Crippen LogP contribution in [0.5, 0.6) is 11.5 Å². The van der Waals surface area contributed by atoms with Gasteiger partial charge in [-0.05, 0) is 18.2 Å². The molecule has 0 atom stereocenters. The van der Waals surface area contributed by atoms with Crippen molar-refractivity contribution in [2.24, 2.45) is 0 Å². The van der Waals surface area contributed by atoms with Gasteiger partial charge in [0.25, 0.3) is 5.56 Å². The van der Waals surface area contributed by atoms with E-state index in [-0.39, 0.29) is 6.54 Å². The van der Waals surface area contributed by atoms with Gasteiger partial charge in [-0.1, -0.05) is 0 Å². The lowest BCUT2D eigenvalue weighted by atomic mass is 10.2. The molecule has 1 aromatic carbocycles. The number of ether oxygens (including phenoxy) is 2. The third kappa shape index (κ3) is 3.63. The van der Waals surface area contributed by atoms with E-state index in [2.05, 4.69) is 5.32 Å². The number of nitrogens with one attached hydrogen (secondary N) is 1. The Morgan fingerprint density at radius 3 is 2.68 bits per heavy atom. The molecular formula is C15H15FN2O4. The molecule has 1 heterocycles. The van der Waals surface area contributed by atoms with Crippen LogP contribution in [0.15, 0.2) is 41.3 Å². The maximum Gasteiger partial charge on any atom is 0.251 e. The molecule has 0 fully saturated rings. The highest BCUT2D eigenvalue weighted by atomic mass is 19.1. The molecule has 1 amide bonds. The van der Waals surface area contributed by atoms with Gasteiger partial charge in [-0.2, -0.15) is 0 Å². The summed E-state index contributed by atoms with van der Waals surface area (Å²) in [5.74, 6) is -0.0922. The first-order valence-electron chi connectivity index (χ1n) is 6.41. The minimum atomic E-state index is -0.591. The van der Waals surface area contributed by atoms with Crippen LogP contribution in [0.4, 0.5) is 10.1 Å². The van der Waals surface area contributed by atoms with Gasteiger partial charge in [-0.25, -0.2) is 4.39 Å². The fourth-order valence-corrected chi connectivity index (χ4v) is 1.88. The van der Waals surface area contributed by atoms with E-state index in [0.717, 1.165) is 22.9 Å². The van der Waals surface area contributed by atoms with Gasteiger partial charge in [0, 0.05) is 18.3 Å². The molecule has 0 saturated carbocycles. The number of rotatable bonds is 5. The molecule has 6 nitrogen and oxygen atoms in total. The summed E-state index contributed by atoms with van der Waals surface area (Å²) in [5.41, 5.74) is -0.0644. The fourth-order valence-electron chi connectivity index (χ4n) is 1.88. The number of anilines is 1. The SMILES string of the molecule is COc1ccc(OC)c(NC(=O)Cn2cc(F)ccc2=O)c1. The number of hydrogen-bond acceptors (Lipinski definition) is 4. The van der Waals surface area contributed by atoms with E-state index in [9.17, 15) is 14.0 Å². The molecule has 0 bridgehead atoms. The molecule has 0 radical (unpaired) electrons. The zero-order valence-corrected chi connectivity index (χ0v) is 12.1. The Morgan fingerprint density at radius 1 is 1.23 bits per heavy atom. The second kappa shape index (κ2) is 6.75. The summed E-state index contributed by atoms with van der Waals surface area (Å²) in [7, 11) is 2.97. The highest BCUT2D eigenvalue weighted by molar-refractivity contribution is 5.92. The molecule has 0 aliphatic heterocycles. The van der Waals surface area contributed by atoms with Crippen molar-refractivity contribution >= 4 is 11.6 Å². The summed E-state index contributed by atoms with van der Waals surface area (Å²) in [5, 5.41) is 2.61. The maximum absolute atomic E-state index is 13.1. The summed E-state index contributed by atoms with van der Waals surface area (Å²) in [6.45, 7) is -0.309. The van der Waals surface area contributed by atoms with Crippen molar-refractivity contribution in [3.05, 3.63) is 52.7 Å². The number of benzene rings is 1. The quantitative estimate of drug-likeness (QED) is 0.912. The van der Waals surface area contributed by atoms with Gasteiger partial charge in [0.05, 0.1) is 19.9 Å². The fraction of sp³-hybridized carbons (Fsp3) is 0.200. The normalized spacial score (nSPS) is 10.1. The number of halogens is 1. The number of carbonyl (C=O) groups excluding carboxylic acids is 1. The third-order valence-corrected chi connectivity index (χ3v) is 2.94. The van der Waals surface area contributed by atoms with Crippen LogP contribution in [0, 0.1) is 5.82 Å². The van der Waals surface area contributed by atoms with Gasteiger partial charge in [-0.15, -0.1) is 0 Å². The largest absolute Gasteiger partial charge is 0.497 e. The van der Waals surface area contributed by atoms with Gasteiger partial charge in [-0.3, -0.25) is 9.59 Å². The molecule has 0 aliphatic rings. The van der Waals surface area contributed by atoms with Crippen molar-refractivity contribution in [1.29, 1.82) is 0 Å². The van der Waals surface area contributed by atoms with Gasteiger partial charge in [0.1, 0.15) is 23.9 Å². The predicted octanol–water partition coefficient (Wildman–Crippen LogP) is 1.64. The molecule has 2 rings (SSSR count). The van der Waals surface area contributed by atoms with E-state index in [4.69, 9.17) is 9.47 Å². The third-order valence-electron chi connectivity index (χ3n) is 2.94. The summed E-state index contributed by atoms with van der Waals surface area (Å²) in [6.07, 6.45) is 0.977. The van der Waals surface area contributed by atoms with Crippen LogP contribution in [0.3, 0.4) is 0 Å². The number of aromatic nitrogens is 1. The molecular weight excluding hydrogens is 291 g/mol. The first kappa shape index (κ1) is 15.6. The molecule has 7 heteroatoms. The zero-order chi connectivity index (χ0) is 16.1. The van der Waals surface area contributed by atoms with E-state index >= 15 is 0 Å². The van der Waals surface area contributed by atoms with Crippen molar-refractivity contribution < 1.29 is 18.7 Å². The number of hydrogen-bond donors (Lipinski definition) is 1. The Balaban J connectivity index is 2.18. The number of amides is 1. The molecule has 0 unspecified atom stereocenters. The Kier molecular flexibility index (Phi) is 4.77. The molecule has 116 valence electrons. The van der Waals surface area contributed by atoms with Crippen LogP contribution in [-0.4, -0.2) is 24.7 Å². The summed E-state index contributed by atoms with van der Waals surface area (Å²) in [4.78, 5) is 23.6. The van der Waals surface area contributed by atoms with Crippen molar-refractivity contribution in [1.82, 2.24) is 4.57 Å². The lowest BCUT2D eigenvalue weighted by Gasteiger charge is -2.12. The highest BCUT2D eigenvalue weighted by Gasteiger charge is 2.10. The number of pyridine rings is 1. The Labute approximate surface area is 126 Å². The molecule has 0 saturated heterocycles. The van der Waals surface area contributed by atoms with Gasteiger partial charge >= 0.3 is 0 Å². The number of carbonyl (C=O) groups is 1. The van der Waals surface area contributed by atoms with Crippen molar-refractivity contribution in [3.8, 4) is 11.5 Å². The molecule has 22 heavy (non-hydrogen) atoms. The maximum atomic E-state index is 13.1. The minimum absolute atomic E-state index is 0.309. The van der Waals surface area contributed by atoms with Crippen LogP contribution >= 0.6 is 0 Å². The molecule has 0 aliphatic carbocycles. The standard InChI is InChI=1S/C15H15FN2O4/c1-21-11-4-5-13(22-2)12(7-11)17-14(19)9-18-8-10(16)3-6-15(18)20/h3-8H,9H2,1-2H3,(H,17,19). The van der Waals surface area contributed by atoms with Gasteiger partial charge in [0.15, 0.2) is 0 Å². The monoisotopic (exact) mass is 306 g/mol. The Morgan fingerprint density at radius 2 is 2.00 bits per heavy atom. The minimum Gasteiger partial charge on any atom is -0.497 e. The van der Waals surface area contributed by atoms with Crippen LogP contribution in [0.25, 0.3) is 0 Å². The topological polar surface area (TPSA) is 69.6 Å². The van der Waals surface area contributed by atoms with Crippen molar-refractivity contribution in [2.45, 2.75) is 6.54 Å². The lowest BCUT2D eigenvalue weighted by Crippen LogP contribution is -2.27. The van der Waals surface area contributed by atoms with Crippen LogP contribution in [-0.2, 0) is 11.3 Å². The predicted molar refractivity (Wildman–Crippen MR) is 78.8 cm³/mol. The van der Waals surface area contributed by atoms with E-state index in [1.807, 2.05) is 0 Å². The van der Waals surface area contributed by atoms with Crippen molar-refractivity contribution in [2.75, 3.05) is 19.5 Å². The van der Waals surface area contributed by atoms with Crippen LogP contribution in [0.1, 0.15) is 0 Å². The molecule has 2 aromatic rings. The molecule has 1 N–H and O–H groups in total. The van der Waals surface area contributed by atoms with E-state index < -0.39 is 17.3 Å². The van der Waals surface area contributed by atoms with Crippen LogP contribution in [0.2, 0.25) is 0 Å². The average Bonchev–Trinajstić information content (AvgIpc) is 2.50.